The highest BCUT2D eigenvalue weighted by Gasteiger charge is 2.63. The van der Waals surface area contributed by atoms with Crippen LogP contribution < -0.4 is 16.0 Å². The molecule has 3 aliphatic heterocycles. The van der Waals surface area contributed by atoms with Crippen molar-refractivity contribution in [2.24, 2.45) is 5.92 Å². The van der Waals surface area contributed by atoms with E-state index in [2.05, 4.69) is 36.7 Å². The third kappa shape index (κ3) is 29.7. The van der Waals surface area contributed by atoms with E-state index in [1.54, 1.807) is 0 Å². The van der Waals surface area contributed by atoms with Crippen LogP contribution in [0.5, 0.6) is 0 Å². The van der Waals surface area contributed by atoms with Gasteiger partial charge in [0.15, 0.2) is 6.29 Å². The van der Waals surface area contributed by atoms with E-state index in [4.69, 9.17) is 28.4 Å². The first-order chi connectivity index (χ1) is 46.7. The van der Waals surface area contributed by atoms with Crippen LogP contribution in [0.2, 0.25) is 0 Å². The Morgan fingerprint density at radius 2 is 1.01 bits per heavy atom. The van der Waals surface area contributed by atoms with E-state index in [1.807, 2.05) is 0 Å². The van der Waals surface area contributed by atoms with Crippen LogP contribution in [-0.4, -0.2) is 272 Å². The summed E-state index contributed by atoms with van der Waals surface area (Å²) >= 11 is 0. The lowest BCUT2D eigenvalue weighted by Crippen LogP contribution is -2.72. The number of hydrogen-bond donors (Lipinski definition) is 19. The van der Waals surface area contributed by atoms with Crippen molar-refractivity contribution in [2.45, 2.75) is 361 Å². The minimum absolute atomic E-state index is 0.0696. The van der Waals surface area contributed by atoms with Crippen molar-refractivity contribution in [1.29, 1.82) is 0 Å². The highest BCUT2D eigenvalue weighted by atomic mass is 16.8. The number of hydrogen-bond acceptors (Lipinski definition) is 25. The average Bonchev–Trinajstić information content (AvgIpc) is 0.746. The summed E-state index contributed by atoms with van der Waals surface area (Å²) in [6, 6.07) is -5.36. The summed E-state index contributed by atoms with van der Waals surface area (Å²) in [4.78, 5) is 65.9. The number of aliphatic hydroxyl groups is 14. The highest BCUT2D eigenvalue weighted by Crippen LogP contribution is 2.42. The van der Waals surface area contributed by atoms with Gasteiger partial charge in [0, 0.05) is 19.8 Å². The van der Waals surface area contributed by atoms with Crippen LogP contribution in [0.25, 0.3) is 0 Å². The molecule has 3 saturated heterocycles. The fraction of sp³-hybridized carbons (Fsp3) is 0.926. The van der Waals surface area contributed by atoms with E-state index in [9.17, 15) is 106 Å². The van der Waals surface area contributed by atoms with Gasteiger partial charge in [-0.1, -0.05) is 201 Å². The Hall–Kier alpha value is -3.45. The van der Waals surface area contributed by atoms with Gasteiger partial charge in [0.2, 0.25) is 17.7 Å². The molecule has 22 atom stereocenters. The molecule has 3 rings (SSSR count). The van der Waals surface area contributed by atoms with Crippen molar-refractivity contribution in [3.05, 3.63) is 0 Å². The normalized spacial score (nSPS) is 28.7. The lowest BCUT2D eigenvalue weighted by atomic mass is 9.86. The van der Waals surface area contributed by atoms with Gasteiger partial charge in [-0.15, -0.1) is 0 Å². The number of carboxylic acid groups (broad SMARTS) is 2. The third-order valence-electron chi connectivity index (χ3n) is 19.3. The summed E-state index contributed by atoms with van der Waals surface area (Å²) < 4.78 is 35.1. The first kappa shape index (κ1) is 88.8. The fourth-order valence-electron chi connectivity index (χ4n) is 12.9. The molecule has 30 heteroatoms. The number of carboxylic acids is 2. The monoisotopic (exact) mass is 1420 g/mol. The number of rotatable bonds is 54. The van der Waals surface area contributed by atoms with Crippen LogP contribution in [0, 0.1) is 5.92 Å². The fourth-order valence-corrected chi connectivity index (χ4v) is 12.9. The summed E-state index contributed by atoms with van der Waals surface area (Å²) in [6.07, 6.45) is -4.39. The zero-order valence-electron chi connectivity index (χ0n) is 58.4. The molecule has 98 heavy (non-hydrogen) atoms. The molecular weight excluding hydrogens is 1290 g/mol. The Kier molecular flexibility index (Phi) is 43.2. The number of carbonyl (C=O) groups excluding carboxylic acids is 3. The summed E-state index contributed by atoms with van der Waals surface area (Å²) in [7, 11) is 0. The number of ether oxygens (including phenoxy) is 6. The first-order valence-electron chi connectivity index (χ1n) is 36.3. The minimum Gasteiger partial charge on any atom is -0.477 e. The average molecular weight is 1420 g/mol. The van der Waals surface area contributed by atoms with Gasteiger partial charge in [0.1, 0.15) is 79.9 Å². The van der Waals surface area contributed by atoms with Crippen LogP contribution in [0.4, 0.5) is 0 Å². The van der Waals surface area contributed by atoms with Crippen molar-refractivity contribution in [1.82, 2.24) is 16.0 Å². The van der Waals surface area contributed by atoms with Crippen molar-refractivity contribution in [3.8, 4) is 0 Å². The molecule has 0 aromatic carbocycles. The molecule has 3 fully saturated rings. The Morgan fingerprint density at radius 3 is 1.47 bits per heavy atom. The van der Waals surface area contributed by atoms with Crippen molar-refractivity contribution in [2.75, 3.05) is 33.0 Å². The molecule has 3 heterocycles. The smallest absolute Gasteiger partial charge is 0.364 e. The second kappa shape index (κ2) is 47.7. The topological polar surface area (TPSA) is 501 Å². The van der Waals surface area contributed by atoms with Crippen molar-refractivity contribution < 1.29 is 134 Å². The largest absolute Gasteiger partial charge is 0.477 e. The third-order valence-corrected chi connectivity index (χ3v) is 19.3. The summed E-state index contributed by atoms with van der Waals surface area (Å²) in [6.45, 7) is 1.84. The molecule has 0 aliphatic carbocycles. The highest BCUT2D eigenvalue weighted by molar-refractivity contribution is 5.81. The van der Waals surface area contributed by atoms with E-state index in [0.29, 0.717) is 18.8 Å². The Balaban J connectivity index is 1.80. The number of unbranched alkanes of at least 4 members (excludes halogenated alkanes) is 24. The molecule has 30 nitrogen and oxygen atoms in total. The lowest BCUT2D eigenvalue weighted by molar-refractivity contribution is -0.365. The predicted octanol–water partition coefficient (Wildman–Crippen LogP) is 1.07. The van der Waals surface area contributed by atoms with Gasteiger partial charge in [0.25, 0.3) is 11.6 Å². The maximum absolute atomic E-state index is 13.7. The molecule has 0 bridgehead atoms. The standard InChI is InChI=1S/C68H125N3O27/c1-5-7-8-9-10-11-12-13-14-15-16-17-18-19-20-21-22-23-24-27-31-34-46(77)63(88)70-44(55(82)45(76)33-30-28-25-26-29-32-42(3)6-2)40-93-64-60(87)59(86)58(85)51(95-64)41-94-67(65(89)90)36-50(54(69-43(4)75)62(97-67)57(84)49(80)38-73)96-68(66(91)92)35-47(78)53(71-52(81)39-74)61(98-68)56(83)48(79)37-72/h42,44-51,53-62,64,72-74,76-80,82-87H,5-41H2,1-4H3,(H,69,75)(H,70,88)(H,71,81)(H,89,90)(H,91,92)/t42?,44-,45+,46+,47-,48?,49?,50-,51+,53+,54+,55-,56?,57?,58+,59-,60+,61+,62+,64+,67+,68+/m0/s1. The molecular formula is C68H125N3O27. The van der Waals surface area contributed by atoms with E-state index < -0.39 is 203 Å². The SMILES string of the molecule is CCCCCCCCCCCCCCCCCCCCCCC[C@@H](O)C(=O)N[C@@H](CO[C@@H]1O[C@H](CO[C@]2(C(=O)O)C[C@H](O[C@]3(C(=O)O)C[C@H](O)[C@@H](NC(=O)CO)[C@H](C(O)C(O)CO)O3)[C@@H](NC(C)=O)[C@H](C(O)C(O)CO)O2)[C@@H](O)[C@H](O)[C@H]1O)[C@H](O)[C@H](O)CCCCCCCC(C)CC. The van der Waals surface area contributed by atoms with Gasteiger partial charge in [-0.25, -0.2) is 9.59 Å². The first-order valence-corrected chi connectivity index (χ1v) is 36.3. The molecule has 5 unspecified atom stereocenters. The molecule has 3 aliphatic rings. The van der Waals surface area contributed by atoms with Gasteiger partial charge < -0.3 is 126 Å². The number of carbonyl (C=O) groups is 5. The molecule has 0 saturated carbocycles. The quantitative estimate of drug-likeness (QED) is 0.0379. The van der Waals surface area contributed by atoms with Crippen LogP contribution in [0.3, 0.4) is 0 Å². The van der Waals surface area contributed by atoms with E-state index in [0.717, 1.165) is 77.6 Å². The molecule has 574 valence electrons. The second-order valence-electron chi connectivity index (χ2n) is 27.4. The van der Waals surface area contributed by atoms with Crippen LogP contribution in [0.15, 0.2) is 0 Å². The molecule has 3 amide bonds. The number of aliphatic hydroxyl groups excluding tert-OH is 14. The van der Waals surface area contributed by atoms with E-state index in [1.165, 1.54) is 96.3 Å². The minimum atomic E-state index is -3.32. The molecule has 19 N–H and O–H groups in total. The number of aliphatic carboxylic acids is 2. The van der Waals surface area contributed by atoms with Crippen LogP contribution >= 0.6 is 0 Å². The summed E-state index contributed by atoms with van der Waals surface area (Å²) in [5.74, 6) is -13.4. The number of amides is 3. The van der Waals surface area contributed by atoms with Gasteiger partial charge >= 0.3 is 11.9 Å². The molecule has 0 aromatic heterocycles. The number of nitrogens with one attached hydrogen (secondary N) is 3. The van der Waals surface area contributed by atoms with Gasteiger partial charge in [-0.05, 0) is 18.8 Å². The Labute approximate surface area is 577 Å². The van der Waals surface area contributed by atoms with E-state index >= 15 is 0 Å². The molecule has 0 spiro atoms. The zero-order valence-corrected chi connectivity index (χ0v) is 58.4. The van der Waals surface area contributed by atoms with Crippen molar-refractivity contribution in [3.63, 3.8) is 0 Å². The lowest BCUT2D eigenvalue weighted by Gasteiger charge is -2.52. The molecule has 0 radical (unpaired) electrons. The van der Waals surface area contributed by atoms with Crippen LogP contribution in [-0.2, 0) is 52.4 Å². The molecule has 0 aromatic rings. The Bertz CT molecular complexity index is 2220. The van der Waals surface area contributed by atoms with Gasteiger partial charge in [0.05, 0.1) is 62.9 Å². The van der Waals surface area contributed by atoms with Crippen molar-refractivity contribution >= 4 is 29.7 Å². The Morgan fingerprint density at radius 1 is 0.551 bits per heavy atom. The maximum atomic E-state index is 13.7. The maximum Gasteiger partial charge on any atom is 0.364 e. The zero-order chi connectivity index (χ0) is 73.0. The van der Waals surface area contributed by atoms with E-state index in [-0.39, 0.29) is 12.8 Å². The summed E-state index contributed by atoms with van der Waals surface area (Å²) in [5, 5.41) is 181. The predicted molar refractivity (Wildman–Crippen MR) is 353 cm³/mol. The summed E-state index contributed by atoms with van der Waals surface area (Å²) in [5.41, 5.74) is 0. The van der Waals surface area contributed by atoms with Gasteiger partial charge in [-0.2, -0.15) is 0 Å². The second-order valence-corrected chi connectivity index (χ2v) is 27.4. The van der Waals surface area contributed by atoms with Crippen LogP contribution in [0.1, 0.15) is 233 Å². The van der Waals surface area contributed by atoms with Gasteiger partial charge in [-0.3, -0.25) is 14.4 Å².